The van der Waals surface area contributed by atoms with E-state index >= 15 is 0 Å². The Kier molecular flexibility index (Phi) is 4.13. The van der Waals surface area contributed by atoms with E-state index in [0.29, 0.717) is 5.84 Å². The van der Waals surface area contributed by atoms with Gasteiger partial charge in [-0.15, -0.1) is 0 Å². The second-order valence-corrected chi connectivity index (χ2v) is 5.06. The summed E-state index contributed by atoms with van der Waals surface area (Å²) in [5, 5.41) is 0. The summed E-state index contributed by atoms with van der Waals surface area (Å²) in [5.74, 6) is 0.907. The minimum atomic E-state index is 0.265. The van der Waals surface area contributed by atoms with E-state index in [0.717, 1.165) is 14.6 Å². The maximum Gasteiger partial charge on any atom is 0.102 e. The molecule has 14 heavy (non-hydrogen) atoms. The van der Waals surface area contributed by atoms with Crippen LogP contribution in [0, 0.1) is 5.92 Å². The molecule has 0 radical (unpaired) electrons. The number of amidine groups is 1. The maximum atomic E-state index is 5.78. The Balaban J connectivity index is 3.07. The van der Waals surface area contributed by atoms with Crippen LogP contribution in [-0.4, -0.2) is 5.84 Å². The predicted octanol–water partition coefficient (Wildman–Crippen LogP) is 3.86. The van der Waals surface area contributed by atoms with E-state index < -0.39 is 0 Å². The molecule has 0 amide bonds. The molecule has 0 spiro atoms. The fraction of sp³-hybridized carbons (Fsp3) is 0.300. The van der Waals surface area contributed by atoms with E-state index in [4.69, 9.17) is 5.73 Å². The first-order chi connectivity index (χ1) is 6.50. The third-order valence-corrected chi connectivity index (χ3v) is 2.91. The van der Waals surface area contributed by atoms with Gasteiger partial charge in [-0.25, -0.2) is 4.99 Å². The van der Waals surface area contributed by atoms with Crippen LogP contribution >= 0.6 is 31.9 Å². The minimum absolute atomic E-state index is 0.265. The van der Waals surface area contributed by atoms with E-state index in [1.165, 1.54) is 0 Å². The van der Waals surface area contributed by atoms with Crippen LogP contribution in [-0.2, 0) is 0 Å². The van der Waals surface area contributed by atoms with Crippen molar-refractivity contribution < 1.29 is 0 Å². The smallest absolute Gasteiger partial charge is 0.102 e. The summed E-state index contributed by atoms with van der Waals surface area (Å²) in [6.45, 7) is 4.04. The van der Waals surface area contributed by atoms with Gasteiger partial charge in [0.1, 0.15) is 5.84 Å². The maximum absolute atomic E-state index is 5.78. The largest absolute Gasteiger partial charge is 0.387 e. The molecule has 0 atom stereocenters. The van der Waals surface area contributed by atoms with Crippen LogP contribution in [0.25, 0.3) is 0 Å². The molecule has 4 heteroatoms. The zero-order chi connectivity index (χ0) is 10.7. The van der Waals surface area contributed by atoms with E-state index in [1.54, 1.807) is 0 Å². The van der Waals surface area contributed by atoms with Crippen molar-refractivity contribution in [1.82, 2.24) is 0 Å². The summed E-state index contributed by atoms with van der Waals surface area (Å²) in [7, 11) is 0. The molecule has 0 saturated heterocycles. The lowest BCUT2D eigenvalue weighted by Gasteiger charge is -2.05. The molecular formula is C10H12Br2N2. The number of nitrogens with zero attached hydrogens (tertiary/aromatic N) is 1. The van der Waals surface area contributed by atoms with Crippen molar-refractivity contribution in [1.29, 1.82) is 0 Å². The third-order valence-electron chi connectivity index (χ3n) is 1.75. The topological polar surface area (TPSA) is 38.4 Å². The zero-order valence-electron chi connectivity index (χ0n) is 8.09. The number of benzene rings is 1. The highest BCUT2D eigenvalue weighted by atomic mass is 79.9. The summed E-state index contributed by atoms with van der Waals surface area (Å²) >= 11 is 6.82. The van der Waals surface area contributed by atoms with Crippen LogP contribution in [0.4, 0.5) is 5.69 Å². The molecule has 76 valence electrons. The average molecular weight is 320 g/mol. The van der Waals surface area contributed by atoms with Gasteiger partial charge < -0.3 is 5.73 Å². The van der Waals surface area contributed by atoms with E-state index in [-0.39, 0.29) is 5.92 Å². The second kappa shape index (κ2) is 4.94. The summed E-state index contributed by atoms with van der Waals surface area (Å²) in [4.78, 5) is 4.34. The number of nitrogens with two attached hydrogens (primary N) is 1. The van der Waals surface area contributed by atoms with Crippen LogP contribution in [0.3, 0.4) is 0 Å². The number of halogens is 2. The van der Waals surface area contributed by atoms with Gasteiger partial charge >= 0.3 is 0 Å². The Hall–Kier alpha value is -0.350. The number of rotatable bonds is 2. The zero-order valence-corrected chi connectivity index (χ0v) is 11.3. The fourth-order valence-corrected chi connectivity index (χ4v) is 1.52. The molecule has 0 saturated carbocycles. The van der Waals surface area contributed by atoms with Crippen molar-refractivity contribution in [2.75, 3.05) is 0 Å². The quantitative estimate of drug-likeness (QED) is 0.652. The van der Waals surface area contributed by atoms with Crippen LogP contribution < -0.4 is 5.73 Å². The minimum Gasteiger partial charge on any atom is -0.387 e. The van der Waals surface area contributed by atoms with Gasteiger partial charge in [0.05, 0.1) is 5.69 Å². The molecule has 1 aromatic carbocycles. The first-order valence-corrected chi connectivity index (χ1v) is 5.88. The predicted molar refractivity (Wildman–Crippen MR) is 68.0 cm³/mol. The highest BCUT2D eigenvalue weighted by Crippen LogP contribution is 2.28. The molecule has 0 unspecified atom stereocenters. The Morgan fingerprint density at radius 3 is 2.57 bits per heavy atom. The van der Waals surface area contributed by atoms with Gasteiger partial charge in [-0.2, -0.15) is 0 Å². The number of hydrogen-bond acceptors (Lipinski definition) is 1. The first-order valence-electron chi connectivity index (χ1n) is 4.30. The normalized spacial score (nSPS) is 12.2. The molecule has 0 heterocycles. The van der Waals surface area contributed by atoms with Gasteiger partial charge in [-0.1, -0.05) is 29.8 Å². The lowest BCUT2D eigenvalue weighted by atomic mass is 10.2. The molecule has 0 aliphatic heterocycles. The second-order valence-electron chi connectivity index (χ2n) is 3.29. The lowest BCUT2D eigenvalue weighted by Crippen LogP contribution is -2.18. The molecule has 0 aliphatic rings. The molecule has 0 bridgehead atoms. The average Bonchev–Trinajstić information content (AvgIpc) is 2.11. The number of aliphatic imine (C=N–C) groups is 1. The van der Waals surface area contributed by atoms with Crippen molar-refractivity contribution in [3.8, 4) is 0 Å². The monoisotopic (exact) mass is 318 g/mol. The Bertz CT molecular complexity index is 359. The van der Waals surface area contributed by atoms with Crippen molar-refractivity contribution in [2.45, 2.75) is 13.8 Å². The summed E-state index contributed by atoms with van der Waals surface area (Å²) < 4.78 is 1.94. The van der Waals surface area contributed by atoms with Gasteiger partial charge in [0.25, 0.3) is 0 Å². The van der Waals surface area contributed by atoms with Crippen LogP contribution in [0.2, 0.25) is 0 Å². The van der Waals surface area contributed by atoms with E-state index in [1.807, 2.05) is 32.0 Å². The SMILES string of the molecule is CC(C)C(N)=Nc1cc(Br)ccc1Br. The van der Waals surface area contributed by atoms with Crippen molar-refractivity contribution in [3.05, 3.63) is 27.1 Å². The lowest BCUT2D eigenvalue weighted by molar-refractivity contribution is 0.873. The van der Waals surface area contributed by atoms with Gasteiger partial charge in [-0.05, 0) is 34.1 Å². The van der Waals surface area contributed by atoms with Gasteiger partial charge in [-0.3, -0.25) is 0 Å². The fourth-order valence-electron chi connectivity index (χ4n) is 0.840. The Labute approximate surface area is 101 Å². The van der Waals surface area contributed by atoms with Crippen molar-refractivity contribution >= 4 is 43.4 Å². The highest BCUT2D eigenvalue weighted by Gasteiger charge is 2.03. The van der Waals surface area contributed by atoms with Crippen LogP contribution in [0.1, 0.15) is 13.8 Å². The number of hydrogen-bond donors (Lipinski definition) is 1. The molecule has 0 aromatic heterocycles. The Morgan fingerprint density at radius 1 is 1.36 bits per heavy atom. The van der Waals surface area contributed by atoms with Gasteiger partial charge in [0.2, 0.25) is 0 Å². The van der Waals surface area contributed by atoms with Gasteiger partial charge in [0, 0.05) is 14.9 Å². The molecule has 2 nitrogen and oxygen atoms in total. The van der Waals surface area contributed by atoms with Gasteiger partial charge in [0.15, 0.2) is 0 Å². The van der Waals surface area contributed by atoms with E-state index in [9.17, 15) is 0 Å². The standard InChI is InChI=1S/C10H12Br2N2/c1-6(2)10(13)14-9-5-7(11)3-4-8(9)12/h3-6H,1-2H3,(H2,13,14). The highest BCUT2D eigenvalue weighted by molar-refractivity contribution is 9.11. The summed E-state index contributed by atoms with van der Waals surface area (Å²) in [6, 6.07) is 5.82. The molecule has 0 aliphatic carbocycles. The van der Waals surface area contributed by atoms with Crippen LogP contribution in [0.15, 0.2) is 32.1 Å². The van der Waals surface area contributed by atoms with Crippen molar-refractivity contribution in [3.63, 3.8) is 0 Å². The molecule has 2 N–H and O–H groups in total. The molecule has 0 fully saturated rings. The molecular weight excluding hydrogens is 308 g/mol. The van der Waals surface area contributed by atoms with E-state index in [2.05, 4.69) is 36.9 Å². The third kappa shape index (κ3) is 3.10. The molecule has 1 rings (SSSR count). The Morgan fingerprint density at radius 2 is 2.00 bits per heavy atom. The molecule has 1 aromatic rings. The van der Waals surface area contributed by atoms with Crippen molar-refractivity contribution in [2.24, 2.45) is 16.6 Å². The summed E-state index contributed by atoms with van der Waals surface area (Å²) in [5.41, 5.74) is 6.63. The van der Waals surface area contributed by atoms with Crippen LogP contribution in [0.5, 0.6) is 0 Å². The first kappa shape index (κ1) is 11.7. The summed E-state index contributed by atoms with van der Waals surface area (Å²) in [6.07, 6.45) is 0.